The van der Waals surface area contributed by atoms with Crippen LogP contribution in [0, 0.1) is 17.2 Å². The van der Waals surface area contributed by atoms with Crippen LogP contribution in [0.2, 0.25) is 0 Å². The zero-order valence-electron chi connectivity index (χ0n) is 11.5. The van der Waals surface area contributed by atoms with Gasteiger partial charge in [0.15, 0.2) is 0 Å². The summed E-state index contributed by atoms with van der Waals surface area (Å²) in [6, 6.07) is 8.06. The van der Waals surface area contributed by atoms with E-state index in [1.54, 1.807) is 0 Å². The number of aliphatic hydroxyl groups is 1. The van der Waals surface area contributed by atoms with E-state index in [9.17, 15) is 5.11 Å². The first-order valence-electron chi connectivity index (χ1n) is 7.29. The van der Waals surface area contributed by atoms with E-state index in [0.717, 1.165) is 48.9 Å². The summed E-state index contributed by atoms with van der Waals surface area (Å²) in [4.78, 5) is 2.34. The van der Waals surface area contributed by atoms with Crippen LogP contribution in [0.15, 0.2) is 22.7 Å². The first-order chi connectivity index (χ1) is 9.62. The van der Waals surface area contributed by atoms with Gasteiger partial charge < -0.3 is 10.0 Å². The maximum atomic E-state index is 10.7. The second-order valence-corrected chi connectivity index (χ2v) is 6.87. The predicted octanol–water partition coefficient (Wildman–Crippen LogP) is 3.45. The van der Waals surface area contributed by atoms with E-state index in [0.29, 0.717) is 11.5 Å². The third kappa shape index (κ3) is 2.45. The van der Waals surface area contributed by atoms with Gasteiger partial charge in [0.25, 0.3) is 0 Å². The Morgan fingerprint density at radius 3 is 2.95 bits per heavy atom. The standard InChI is InChI=1S/C16H19BrN2O/c17-15-9-14(5-4-12(15)10-18)19-8-7-16(20)6-2-1-3-13(16)11-19/h4-5,9,13,20H,1-3,6-8,11H2. The fraction of sp³-hybridized carbons (Fsp3) is 0.562. The second-order valence-electron chi connectivity index (χ2n) is 6.02. The maximum Gasteiger partial charge on any atom is 0.100 e. The van der Waals surface area contributed by atoms with Crippen LogP contribution >= 0.6 is 15.9 Å². The Labute approximate surface area is 128 Å². The molecule has 2 unspecified atom stereocenters. The Morgan fingerprint density at radius 2 is 2.20 bits per heavy atom. The van der Waals surface area contributed by atoms with Gasteiger partial charge in [-0.25, -0.2) is 0 Å². The van der Waals surface area contributed by atoms with Gasteiger partial charge in [0, 0.05) is 29.2 Å². The summed E-state index contributed by atoms with van der Waals surface area (Å²) in [5, 5.41) is 19.7. The number of fused-ring (bicyclic) bond motifs is 1. The van der Waals surface area contributed by atoms with E-state index in [1.165, 1.54) is 6.42 Å². The van der Waals surface area contributed by atoms with Gasteiger partial charge in [-0.3, -0.25) is 0 Å². The summed E-state index contributed by atoms with van der Waals surface area (Å²) in [7, 11) is 0. The minimum Gasteiger partial charge on any atom is -0.389 e. The lowest BCUT2D eigenvalue weighted by Gasteiger charge is -2.48. The molecule has 2 atom stereocenters. The molecule has 3 rings (SSSR count). The topological polar surface area (TPSA) is 47.3 Å². The number of nitrogens with zero attached hydrogens (tertiary/aromatic N) is 2. The van der Waals surface area contributed by atoms with E-state index < -0.39 is 5.60 Å². The molecule has 20 heavy (non-hydrogen) atoms. The highest BCUT2D eigenvalue weighted by atomic mass is 79.9. The number of halogens is 1. The highest BCUT2D eigenvalue weighted by Crippen LogP contribution is 2.41. The molecule has 0 amide bonds. The molecule has 1 aliphatic carbocycles. The highest BCUT2D eigenvalue weighted by molar-refractivity contribution is 9.10. The first kappa shape index (κ1) is 13.9. The number of anilines is 1. The Balaban J connectivity index is 1.79. The third-order valence-electron chi connectivity index (χ3n) is 4.87. The van der Waals surface area contributed by atoms with Gasteiger partial charge in [-0.05, 0) is 53.4 Å². The molecule has 3 nitrogen and oxygen atoms in total. The van der Waals surface area contributed by atoms with Crippen molar-refractivity contribution >= 4 is 21.6 Å². The van der Waals surface area contributed by atoms with Crippen molar-refractivity contribution in [2.45, 2.75) is 37.7 Å². The Morgan fingerprint density at radius 1 is 1.35 bits per heavy atom. The van der Waals surface area contributed by atoms with Crippen molar-refractivity contribution in [2.75, 3.05) is 18.0 Å². The van der Waals surface area contributed by atoms with Gasteiger partial charge in [-0.15, -0.1) is 0 Å². The molecular weight excluding hydrogens is 316 g/mol. The molecule has 2 aliphatic rings. The van der Waals surface area contributed by atoms with Crippen LogP contribution in [-0.2, 0) is 0 Å². The Kier molecular flexibility index (Phi) is 3.74. The van der Waals surface area contributed by atoms with Crippen LogP contribution in [0.5, 0.6) is 0 Å². The van der Waals surface area contributed by atoms with E-state index in [1.807, 2.05) is 18.2 Å². The summed E-state index contributed by atoms with van der Waals surface area (Å²) in [5.41, 5.74) is 1.38. The fourth-order valence-electron chi connectivity index (χ4n) is 3.60. The van der Waals surface area contributed by atoms with Crippen molar-refractivity contribution in [2.24, 2.45) is 5.92 Å². The average Bonchev–Trinajstić information content (AvgIpc) is 2.46. The zero-order chi connectivity index (χ0) is 14.2. The molecule has 0 aromatic heterocycles. The van der Waals surface area contributed by atoms with Crippen LogP contribution in [0.1, 0.15) is 37.7 Å². The van der Waals surface area contributed by atoms with Crippen molar-refractivity contribution in [3.63, 3.8) is 0 Å². The molecule has 1 saturated carbocycles. The minimum absolute atomic E-state index is 0.388. The van der Waals surface area contributed by atoms with Crippen LogP contribution in [0.25, 0.3) is 0 Å². The van der Waals surface area contributed by atoms with Crippen molar-refractivity contribution in [3.05, 3.63) is 28.2 Å². The minimum atomic E-state index is -0.432. The largest absolute Gasteiger partial charge is 0.389 e. The molecule has 1 saturated heterocycles. The Bertz CT molecular complexity index is 554. The summed E-state index contributed by atoms with van der Waals surface area (Å²) in [6.45, 7) is 1.82. The van der Waals surface area contributed by atoms with Gasteiger partial charge in [-0.2, -0.15) is 5.26 Å². The zero-order valence-corrected chi connectivity index (χ0v) is 13.1. The van der Waals surface area contributed by atoms with Crippen molar-refractivity contribution in [3.8, 4) is 6.07 Å². The van der Waals surface area contributed by atoms with Crippen LogP contribution in [0.3, 0.4) is 0 Å². The summed E-state index contributed by atoms with van der Waals surface area (Å²) in [6.07, 6.45) is 5.34. The lowest BCUT2D eigenvalue weighted by Crippen LogP contribution is -2.53. The number of hydrogen-bond acceptors (Lipinski definition) is 3. The quantitative estimate of drug-likeness (QED) is 0.855. The number of nitriles is 1. The van der Waals surface area contributed by atoms with Gasteiger partial charge >= 0.3 is 0 Å². The normalized spacial score (nSPS) is 29.6. The Hall–Kier alpha value is -1.05. The third-order valence-corrected chi connectivity index (χ3v) is 5.52. The van der Waals surface area contributed by atoms with Gasteiger partial charge in [-0.1, -0.05) is 12.8 Å². The van der Waals surface area contributed by atoms with Crippen LogP contribution in [0.4, 0.5) is 5.69 Å². The molecule has 1 heterocycles. The molecule has 0 bridgehead atoms. The van der Waals surface area contributed by atoms with Crippen molar-refractivity contribution in [1.82, 2.24) is 0 Å². The predicted molar refractivity (Wildman–Crippen MR) is 82.6 cm³/mol. The van der Waals surface area contributed by atoms with E-state index in [2.05, 4.69) is 26.9 Å². The maximum absolute atomic E-state index is 10.7. The van der Waals surface area contributed by atoms with E-state index in [4.69, 9.17) is 5.26 Å². The number of rotatable bonds is 1. The molecule has 0 spiro atoms. The van der Waals surface area contributed by atoms with Crippen molar-refractivity contribution in [1.29, 1.82) is 5.26 Å². The van der Waals surface area contributed by atoms with Crippen LogP contribution in [-0.4, -0.2) is 23.8 Å². The highest BCUT2D eigenvalue weighted by Gasteiger charge is 2.42. The first-order valence-corrected chi connectivity index (χ1v) is 8.09. The van der Waals surface area contributed by atoms with Crippen molar-refractivity contribution < 1.29 is 5.11 Å². The summed E-state index contributed by atoms with van der Waals surface area (Å²) >= 11 is 3.45. The molecule has 1 aromatic rings. The summed E-state index contributed by atoms with van der Waals surface area (Å²) < 4.78 is 0.849. The molecule has 2 fully saturated rings. The SMILES string of the molecule is N#Cc1ccc(N2CCC3(O)CCCCC3C2)cc1Br. The number of hydrogen-bond donors (Lipinski definition) is 1. The van der Waals surface area contributed by atoms with Gasteiger partial charge in [0.05, 0.1) is 11.2 Å². The molecule has 1 aromatic carbocycles. The van der Waals surface area contributed by atoms with E-state index in [-0.39, 0.29) is 0 Å². The molecule has 1 N–H and O–H groups in total. The molecule has 0 radical (unpaired) electrons. The lowest BCUT2D eigenvalue weighted by molar-refractivity contribution is -0.0612. The monoisotopic (exact) mass is 334 g/mol. The fourth-order valence-corrected chi connectivity index (χ4v) is 4.05. The molecular formula is C16H19BrN2O. The van der Waals surface area contributed by atoms with Gasteiger partial charge in [0.1, 0.15) is 6.07 Å². The van der Waals surface area contributed by atoms with E-state index >= 15 is 0 Å². The summed E-state index contributed by atoms with van der Waals surface area (Å²) in [5.74, 6) is 0.388. The van der Waals surface area contributed by atoms with Gasteiger partial charge in [0.2, 0.25) is 0 Å². The smallest absolute Gasteiger partial charge is 0.100 e. The lowest BCUT2D eigenvalue weighted by atomic mass is 9.71. The molecule has 4 heteroatoms. The molecule has 1 aliphatic heterocycles. The van der Waals surface area contributed by atoms with Crippen LogP contribution < -0.4 is 4.90 Å². The average molecular weight is 335 g/mol. The number of benzene rings is 1. The number of piperidine rings is 1. The second kappa shape index (κ2) is 5.38. The molecule has 106 valence electrons.